The van der Waals surface area contributed by atoms with Gasteiger partial charge < -0.3 is 11.1 Å². The van der Waals surface area contributed by atoms with E-state index in [1.807, 2.05) is 0 Å². The van der Waals surface area contributed by atoms with Gasteiger partial charge >= 0.3 is 0 Å². The second kappa shape index (κ2) is 4.88. The average molecular weight is 247 g/mol. The SMILES string of the molecule is NC(=S)c1ccc(Nc2ccc(F)cc2)nc1. The van der Waals surface area contributed by atoms with E-state index in [1.54, 1.807) is 30.5 Å². The van der Waals surface area contributed by atoms with Crippen LogP contribution in [0.5, 0.6) is 0 Å². The molecule has 0 aliphatic carbocycles. The Morgan fingerprint density at radius 1 is 1.18 bits per heavy atom. The van der Waals surface area contributed by atoms with Crippen LogP contribution in [0.1, 0.15) is 5.56 Å². The van der Waals surface area contributed by atoms with Gasteiger partial charge in [0.2, 0.25) is 0 Å². The van der Waals surface area contributed by atoms with Crippen molar-refractivity contribution < 1.29 is 4.39 Å². The van der Waals surface area contributed by atoms with Crippen molar-refractivity contribution in [2.75, 3.05) is 5.32 Å². The van der Waals surface area contributed by atoms with E-state index in [0.29, 0.717) is 16.4 Å². The first-order chi connectivity index (χ1) is 8.15. The van der Waals surface area contributed by atoms with Gasteiger partial charge in [0, 0.05) is 17.4 Å². The molecule has 5 heteroatoms. The Morgan fingerprint density at radius 3 is 2.41 bits per heavy atom. The lowest BCUT2D eigenvalue weighted by Gasteiger charge is -2.05. The summed E-state index contributed by atoms with van der Waals surface area (Å²) in [5.74, 6) is 0.379. The minimum atomic E-state index is -0.271. The van der Waals surface area contributed by atoms with E-state index in [0.717, 1.165) is 5.69 Å². The monoisotopic (exact) mass is 247 g/mol. The van der Waals surface area contributed by atoms with Crippen LogP contribution in [0.3, 0.4) is 0 Å². The van der Waals surface area contributed by atoms with Crippen LogP contribution in [0.4, 0.5) is 15.9 Å². The summed E-state index contributed by atoms with van der Waals surface area (Å²) in [4.78, 5) is 4.46. The fraction of sp³-hybridized carbons (Fsp3) is 0. The lowest BCUT2D eigenvalue weighted by atomic mass is 10.2. The number of pyridine rings is 1. The molecule has 2 aromatic rings. The van der Waals surface area contributed by atoms with Gasteiger partial charge in [0.25, 0.3) is 0 Å². The zero-order valence-electron chi connectivity index (χ0n) is 8.85. The molecule has 0 spiro atoms. The summed E-state index contributed by atoms with van der Waals surface area (Å²) in [6.45, 7) is 0. The molecule has 1 aromatic heterocycles. The maximum absolute atomic E-state index is 12.7. The smallest absolute Gasteiger partial charge is 0.130 e. The van der Waals surface area contributed by atoms with Gasteiger partial charge in [-0.3, -0.25) is 0 Å². The molecule has 17 heavy (non-hydrogen) atoms. The summed E-state index contributed by atoms with van der Waals surface area (Å²) < 4.78 is 12.7. The predicted molar refractivity (Wildman–Crippen MR) is 69.8 cm³/mol. The molecule has 0 atom stereocenters. The highest BCUT2D eigenvalue weighted by Crippen LogP contribution is 2.14. The Bertz CT molecular complexity index is 522. The van der Waals surface area contributed by atoms with Gasteiger partial charge in [-0.2, -0.15) is 0 Å². The van der Waals surface area contributed by atoms with Crippen molar-refractivity contribution in [1.82, 2.24) is 4.98 Å². The Morgan fingerprint density at radius 2 is 1.88 bits per heavy atom. The Kier molecular flexibility index (Phi) is 3.30. The van der Waals surface area contributed by atoms with Crippen molar-refractivity contribution in [3.63, 3.8) is 0 Å². The molecule has 86 valence electrons. The molecular formula is C12H10FN3S. The Balaban J connectivity index is 2.13. The molecule has 0 amide bonds. The van der Waals surface area contributed by atoms with Crippen molar-refractivity contribution in [2.24, 2.45) is 5.73 Å². The normalized spacial score (nSPS) is 9.94. The highest BCUT2D eigenvalue weighted by Gasteiger charge is 1.99. The molecule has 2 rings (SSSR count). The van der Waals surface area contributed by atoms with Crippen molar-refractivity contribution in [3.8, 4) is 0 Å². The molecule has 0 fully saturated rings. The van der Waals surface area contributed by atoms with E-state index in [9.17, 15) is 4.39 Å². The molecule has 1 aromatic carbocycles. The van der Waals surface area contributed by atoms with Crippen molar-refractivity contribution in [2.45, 2.75) is 0 Å². The maximum atomic E-state index is 12.7. The summed E-state index contributed by atoms with van der Waals surface area (Å²) in [7, 11) is 0. The van der Waals surface area contributed by atoms with Gasteiger partial charge in [0.05, 0.1) is 0 Å². The van der Waals surface area contributed by atoms with Crippen LogP contribution in [0.25, 0.3) is 0 Å². The molecule has 1 heterocycles. The molecule has 0 saturated carbocycles. The van der Waals surface area contributed by atoms with E-state index in [4.69, 9.17) is 18.0 Å². The van der Waals surface area contributed by atoms with E-state index in [-0.39, 0.29) is 5.82 Å². The van der Waals surface area contributed by atoms with Crippen molar-refractivity contribution in [1.29, 1.82) is 0 Å². The molecular weight excluding hydrogens is 237 g/mol. The molecule has 0 bridgehead atoms. The molecule has 0 unspecified atom stereocenters. The van der Waals surface area contributed by atoms with Crippen molar-refractivity contribution >= 4 is 28.7 Å². The zero-order chi connectivity index (χ0) is 12.3. The van der Waals surface area contributed by atoms with E-state index in [2.05, 4.69) is 10.3 Å². The number of nitrogens with two attached hydrogens (primary N) is 1. The number of nitrogens with zero attached hydrogens (tertiary/aromatic N) is 1. The fourth-order valence-corrected chi connectivity index (χ4v) is 1.42. The second-order valence-corrected chi connectivity index (χ2v) is 3.87. The summed E-state index contributed by atoms with van der Waals surface area (Å²) >= 11 is 4.83. The van der Waals surface area contributed by atoms with Gasteiger partial charge in [-0.05, 0) is 36.4 Å². The molecule has 0 aliphatic rings. The summed E-state index contributed by atoms with van der Waals surface area (Å²) in [6, 6.07) is 9.58. The van der Waals surface area contributed by atoms with E-state index >= 15 is 0 Å². The number of anilines is 2. The Labute approximate surface area is 103 Å². The van der Waals surface area contributed by atoms with Crippen LogP contribution in [-0.4, -0.2) is 9.97 Å². The molecule has 3 nitrogen and oxygen atoms in total. The van der Waals surface area contributed by atoms with Gasteiger partial charge in [-0.15, -0.1) is 0 Å². The number of hydrogen-bond donors (Lipinski definition) is 2. The third kappa shape index (κ3) is 2.98. The first kappa shape index (κ1) is 11.5. The van der Waals surface area contributed by atoms with Gasteiger partial charge in [0.15, 0.2) is 0 Å². The minimum Gasteiger partial charge on any atom is -0.389 e. The quantitative estimate of drug-likeness (QED) is 0.819. The first-order valence-electron chi connectivity index (χ1n) is 4.93. The largest absolute Gasteiger partial charge is 0.389 e. The van der Waals surface area contributed by atoms with Crippen LogP contribution in [0.2, 0.25) is 0 Å². The Hall–Kier alpha value is -2.01. The van der Waals surface area contributed by atoms with E-state index < -0.39 is 0 Å². The molecule has 0 aliphatic heterocycles. The standard InChI is InChI=1S/C12H10FN3S/c13-9-2-4-10(5-3-9)16-11-6-1-8(7-15-11)12(14)17/h1-7H,(H2,14,17)(H,15,16). The zero-order valence-corrected chi connectivity index (χ0v) is 9.67. The number of hydrogen-bond acceptors (Lipinski definition) is 3. The van der Waals surface area contributed by atoms with Crippen LogP contribution in [0.15, 0.2) is 42.6 Å². The number of halogens is 1. The van der Waals surface area contributed by atoms with Gasteiger partial charge in [-0.25, -0.2) is 9.37 Å². The molecule has 3 N–H and O–H groups in total. The van der Waals surface area contributed by atoms with Crippen LogP contribution in [-0.2, 0) is 0 Å². The van der Waals surface area contributed by atoms with Gasteiger partial charge in [0.1, 0.15) is 16.6 Å². The van der Waals surface area contributed by atoms with Crippen LogP contribution in [0, 0.1) is 5.82 Å². The first-order valence-corrected chi connectivity index (χ1v) is 5.34. The van der Waals surface area contributed by atoms with Crippen molar-refractivity contribution in [3.05, 3.63) is 54.0 Å². The predicted octanol–water partition coefficient (Wildman–Crippen LogP) is 2.60. The van der Waals surface area contributed by atoms with Crippen LogP contribution >= 0.6 is 12.2 Å². The molecule has 0 radical (unpaired) electrons. The summed E-state index contributed by atoms with van der Waals surface area (Å²) in [5.41, 5.74) is 6.94. The fourth-order valence-electron chi connectivity index (χ4n) is 1.29. The number of rotatable bonds is 3. The van der Waals surface area contributed by atoms with E-state index in [1.165, 1.54) is 12.1 Å². The molecule has 0 saturated heterocycles. The number of benzene rings is 1. The third-order valence-corrected chi connectivity index (χ3v) is 2.40. The second-order valence-electron chi connectivity index (χ2n) is 3.43. The highest BCUT2D eigenvalue weighted by atomic mass is 32.1. The van der Waals surface area contributed by atoms with Gasteiger partial charge in [-0.1, -0.05) is 12.2 Å². The average Bonchev–Trinajstić information content (AvgIpc) is 2.33. The van der Waals surface area contributed by atoms with Crippen LogP contribution < -0.4 is 11.1 Å². The number of aromatic nitrogens is 1. The minimum absolute atomic E-state index is 0.271. The number of thiocarbonyl (C=S) groups is 1. The third-order valence-electron chi connectivity index (χ3n) is 2.16. The summed E-state index contributed by atoms with van der Waals surface area (Å²) in [5, 5.41) is 3.04. The topological polar surface area (TPSA) is 50.9 Å². The highest BCUT2D eigenvalue weighted by molar-refractivity contribution is 7.80. The lowest BCUT2D eigenvalue weighted by Crippen LogP contribution is -2.09. The lowest BCUT2D eigenvalue weighted by molar-refractivity contribution is 0.628. The summed E-state index contributed by atoms with van der Waals surface area (Å²) in [6.07, 6.45) is 1.59. The maximum Gasteiger partial charge on any atom is 0.130 e. The number of nitrogens with one attached hydrogen (secondary N) is 1.